The molecule has 0 bridgehead atoms. The molecule has 1 aliphatic carbocycles. The molecular weight excluding hydrogens is 396 g/mol. The summed E-state index contributed by atoms with van der Waals surface area (Å²) in [6.07, 6.45) is 7.60. The third kappa shape index (κ3) is 3.40. The fourth-order valence-electron chi connectivity index (χ4n) is 4.38. The summed E-state index contributed by atoms with van der Waals surface area (Å²) in [5.74, 6) is 0.716. The summed E-state index contributed by atoms with van der Waals surface area (Å²) in [5.41, 5.74) is 1.79. The molecule has 5 rings (SSSR count). The molecule has 31 heavy (non-hydrogen) atoms. The van der Waals surface area contributed by atoms with E-state index in [-0.39, 0.29) is 24.0 Å². The molecule has 3 aromatic heterocycles. The van der Waals surface area contributed by atoms with Gasteiger partial charge in [-0.25, -0.2) is 4.98 Å². The Morgan fingerprint density at radius 1 is 1.32 bits per heavy atom. The lowest BCUT2D eigenvalue weighted by molar-refractivity contribution is 0.0430. The molecule has 4 aromatic rings. The summed E-state index contributed by atoms with van der Waals surface area (Å²) in [7, 11) is 1.53. The number of carbonyl (C=O) groups is 1. The van der Waals surface area contributed by atoms with Crippen LogP contribution in [-0.2, 0) is 0 Å². The SMILES string of the molecule is COc1cc2nn(C3CCCC(O)C3C)cc2cc1C(=O)Nc1cnc2cccnn12. The predicted octanol–water partition coefficient (Wildman–Crippen LogP) is 3.06. The zero-order valence-electron chi connectivity index (χ0n) is 17.4. The van der Waals surface area contributed by atoms with Crippen molar-refractivity contribution in [3.63, 3.8) is 0 Å². The normalized spacial score (nSPS) is 21.5. The largest absolute Gasteiger partial charge is 0.496 e. The minimum atomic E-state index is -0.319. The van der Waals surface area contributed by atoms with Crippen LogP contribution < -0.4 is 10.1 Å². The van der Waals surface area contributed by atoms with E-state index in [4.69, 9.17) is 9.84 Å². The van der Waals surface area contributed by atoms with Crippen LogP contribution in [0.5, 0.6) is 5.75 Å². The van der Waals surface area contributed by atoms with Gasteiger partial charge in [0.05, 0.1) is 36.5 Å². The number of methoxy groups -OCH3 is 1. The van der Waals surface area contributed by atoms with E-state index in [2.05, 4.69) is 22.3 Å². The molecule has 1 saturated carbocycles. The van der Waals surface area contributed by atoms with Gasteiger partial charge in [0.15, 0.2) is 11.5 Å². The lowest BCUT2D eigenvalue weighted by Gasteiger charge is -2.33. The van der Waals surface area contributed by atoms with Crippen molar-refractivity contribution in [2.24, 2.45) is 5.92 Å². The number of hydrogen-bond acceptors (Lipinski definition) is 6. The minimum absolute atomic E-state index is 0.121. The Balaban J connectivity index is 1.48. The maximum absolute atomic E-state index is 13.1. The fraction of sp³-hybridized carbons (Fsp3) is 0.364. The average molecular weight is 420 g/mol. The highest BCUT2D eigenvalue weighted by Crippen LogP contribution is 2.35. The number of aliphatic hydroxyl groups excluding tert-OH is 1. The van der Waals surface area contributed by atoms with Crippen molar-refractivity contribution in [3.05, 3.63) is 48.4 Å². The highest BCUT2D eigenvalue weighted by atomic mass is 16.5. The monoisotopic (exact) mass is 420 g/mol. The highest BCUT2D eigenvalue weighted by Gasteiger charge is 2.30. The van der Waals surface area contributed by atoms with Crippen LogP contribution in [-0.4, -0.2) is 48.6 Å². The lowest BCUT2D eigenvalue weighted by Crippen LogP contribution is -2.32. The Morgan fingerprint density at radius 3 is 3.03 bits per heavy atom. The fourth-order valence-corrected chi connectivity index (χ4v) is 4.38. The second-order valence-corrected chi connectivity index (χ2v) is 8.04. The number of amides is 1. The Bertz CT molecular complexity index is 1260. The van der Waals surface area contributed by atoms with Gasteiger partial charge in [-0.2, -0.15) is 14.7 Å². The summed E-state index contributed by atoms with van der Waals surface area (Å²) < 4.78 is 8.98. The van der Waals surface area contributed by atoms with Gasteiger partial charge in [0.2, 0.25) is 0 Å². The second kappa shape index (κ2) is 7.66. The summed E-state index contributed by atoms with van der Waals surface area (Å²) in [5, 5.41) is 22.9. The quantitative estimate of drug-likeness (QED) is 0.526. The number of benzene rings is 1. The maximum Gasteiger partial charge on any atom is 0.260 e. The van der Waals surface area contributed by atoms with Gasteiger partial charge in [0, 0.05) is 29.8 Å². The van der Waals surface area contributed by atoms with E-state index < -0.39 is 0 Å². The lowest BCUT2D eigenvalue weighted by atomic mass is 9.83. The Labute approximate surface area is 178 Å². The molecule has 0 spiro atoms. The molecule has 1 aromatic carbocycles. The summed E-state index contributed by atoms with van der Waals surface area (Å²) >= 11 is 0. The Hall–Kier alpha value is -3.46. The van der Waals surface area contributed by atoms with Gasteiger partial charge in [0.1, 0.15) is 5.75 Å². The van der Waals surface area contributed by atoms with Crippen molar-refractivity contribution in [2.45, 2.75) is 38.3 Å². The number of rotatable bonds is 4. The van der Waals surface area contributed by atoms with Gasteiger partial charge in [-0.15, -0.1) is 0 Å². The molecule has 3 atom stereocenters. The van der Waals surface area contributed by atoms with Crippen molar-refractivity contribution in [1.82, 2.24) is 24.4 Å². The summed E-state index contributed by atoms with van der Waals surface area (Å²) in [6, 6.07) is 7.29. The third-order valence-corrected chi connectivity index (χ3v) is 6.16. The summed E-state index contributed by atoms with van der Waals surface area (Å²) in [4.78, 5) is 17.3. The van der Waals surface area contributed by atoms with Crippen molar-refractivity contribution < 1.29 is 14.6 Å². The van der Waals surface area contributed by atoms with Crippen molar-refractivity contribution in [1.29, 1.82) is 0 Å². The van der Waals surface area contributed by atoms with E-state index in [9.17, 15) is 9.90 Å². The van der Waals surface area contributed by atoms with E-state index in [1.807, 2.05) is 16.9 Å². The topological polar surface area (TPSA) is 107 Å². The number of ether oxygens (including phenoxy) is 1. The van der Waals surface area contributed by atoms with Gasteiger partial charge in [-0.05, 0) is 37.5 Å². The van der Waals surface area contributed by atoms with Crippen LogP contribution >= 0.6 is 0 Å². The standard InChI is InChI=1S/C22H24N6O3/c1-13-17(5-3-6-18(13)29)27-12-14-9-15(19(31-2)10-16(14)26-27)22(30)25-21-11-23-20-7-4-8-24-28(20)21/h4,7-13,17-18,29H,3,5-6H2,1-2H3,(H,25,30). The zero-order chi connectivity index (χ0) is 21.5. The summed E-state index contributed by atoms with van der Waals surface area (Å²) in [6.45, 7) is 2.06. The molecule has 0 saturated heterocycles. The Kier molecular flexibility index (Phi) is 4.82. The van der Waals surface area contributed by atoms with Crippen LogP contribution in [0.4, 0.5) is 5.82 Å². The van der Waals surface area contributed by atoms with Crippen LogP contribution in [0, 0.1) is 5.92 Å². The van der Waals surface area contributed by atoms with Crippen LogP contribution in [0.2, 0.25) is 0 Å². The molecule has 1 fully saturated rings. The number of hydrogen-bond donors (Lipinski definition) is 2. The molecule has 3 heterocycles. The third-order valence-electron chi connectivity index (χ3n) is 6.16. The molecule has 9 nitrogen and oxygen atoms in total. The van der Waals surface area contributed by atoms with E-state index in [0.717, 1.165) is 30.2 Å². The first-order chi connectivity index (χ1) is 15.0. The average Bonchev–Trinajstić information content (AvgIpc) is 3.38. The number of nitrogens with zero attached hydrogens (tertiary/aromatic N) is 5. The van der Waals surface area contributed by atoms with Gasteiger partial charge < -0.3 is 15.2 Å². The van der Waals surface area contributed by atoms with Crippen LogP contribution in [0.15, 0.2) is 42.9 Å². The van der Waals surface area contributed by atoms with Crippen LogP contribution in [0.3, 0.4) is 0 Å². The van der Waals surface area contributed by atoms with Crippen LogP contribution in [0.1, 0.15) is 42.6 Å². The molecule has 9 heteroatoms. The smallest absolute Gasteiger partial charge is 0.260 e. The molecular formula is C22H24N6O3. The first kappa shape index (κ1) is 19.5. The van der Waals surface area contributed by atoms with E-state index >= 15 is 0 Å². The van der Waals surface area contributed by atoms with Gasteiger partial charge in [-0.1, -0.05) is 6.92 Å². The molecule has 0 aliphatic heterocycles. The molecule has 3 unspecified atom stereocenters. The number of fused-ring (bicyclic) bond motifs is 2. The van der Waals surface area contributed by atoms with Crippen LogP contribution in [0.25, 0.3) is 16.6 Å². The van der Waals surface area contributed by atoms with E-state index in [0.29, 0.717) is 22.8 Å². The van der Waals surface area contributed by atoms with Crippen molar-refractivity contribution in [2.75, 3.05) is 12.4 Å². The van der Waals surface area contributed by atoms with E-state index in [1.165, 1.54) is 7.11 Å². The number of anilines is 1. The van der Waals surface area contributed by atoms with Crippen molar-refractivity contribution >= 4 is 28.3 Å². The highest BCUT2D eigenvalue weighted by molar-refractivity contribution is 6.08. The number of nitrogens with one attached hydrogen (secondary N) is 1. The second-order valence-electron chi connectivity index (χ2n) is 8.04. The number of imidazole rings is 1. The van der Waals surface area contributed by atoms with Gasteiger partial charge in [-0.3, -0.25) is 9.48 Å². The molecule has 2 N–H and O–H groups in total. The number of carbonyl (C=O) groups excluding carboxylic acids is 1. The first-order valence-corrected chi connectivity index (χ1v) is 10.4. The van der Waals surface area contributed by atoms with Gasteiger partial charge >= 0.3 is 0 Å². The number of aliphatic hydroxyl groups is 1. The molecule has 1 amide bonds. The first-order valence-electron chi connectivity index (χ1n) is 10.4. The van der Waals surface area contributed by atoms with E-state index in [1.54, 1.807) is 35.1 Å². The maximum atomic E-state index is 13.1. The van der Waals surface area contributed by atoms with Crippen molar-refractivity contribution in [3.8, 4) is 5.75 Å². The predicted molar refractivity (Wildman–Crippen MR) is 115 cm³/mol. The number of aromatic nitrogens is 5. The molecule has 1 aliphatic rings. The zero-order valence-corrected chi connectivity index (χ0v) is 17.4. The van der Waals surface area contributed by atoms with Gasteiger partial charge in [0.25, 0.3) is 5.91 Å². The molecule has 160 valence electrons. The molecule has 0 radical (unpaired) electrons. The Morgan fingerprint density at radius 2 is 2.19 bits per heavy atom. The minimum Gasteiger partial charge on any atom is -0.496 e.